The van der Waals surface area contributed by atoms with Crippen LogP contribution in [0.3, 0.4) is 0 Å². The van der Waals surface area contributed by atoms with Crippen LogP contribution in [0, 0.1) is 0 Å². The van der Waals surface area contributed by atoms with E-state index in [9.17, 15) is 0 Å². The zero-order chi connectivity index (χ0) is 9.14. The van der Waals surface area contributed by atoms with E-state index in [-0.39, 0.29) is 21.8 Å². The Kier molecular flexibility index (Phi) is 3.53. The van der Waals surface area contributed by atoms with Gasteiger partial charge in [0.1, 0.15) is 0 Å². The molecule has 1 aromatic carbocycles. The van der Waals surface area contributed by atoms with Crippen molar-refractivity contribution in [3.05, 3.63) is 24.3 Å². The highest BCUT2D eigenvalue weighted by Gasteiger charge is 1.98. The molecule has 0 unspecified atom stereocenters. The normalized spacial score (nSPS) is 12.7. The lowest BCUT2D eigenvalue weighted by molar-refractivity contribution is 1.32. The molecule has 0 amide bonds. The highest BCUT2D eigenvalue weighted by atomic mass is 32.2. The molecule has 0 aliphatic carbocycles. The van der Waals surface area contributed by atoms with Gasteiger partial charge in [-0.3, -0.25) is 0 Å². The minimum atomic E-state index is 0.0738. The third kappa shape index (κ3) is 2.46. The summed E-state index contributed by atoms with van der Waals surface area (Å²) in [5, 5.41) is 0. The summed E-state index contributed by atoms with van der Waals surface area (Å²) >= 11 is 0. The predicted molar refractivity (Wildman–Crippen MR) is 64.6 cm³/mol. The molecule has 0 spiro atoms. The highest BCUT2D eigenvalue weighted by molar-refractivity contribution is 8.16. The number of hydrogen-bond acceptors (Lipinski definition) is 0. The molecule has 0 N–H and O–H groups in total. The molecule has 0 heterocycles. The van der Waals surface area contributed by atoms with Gasteiger partial charge in [-0.25, -0.2) is 21.8 Å². The Labute approximate surface area is 81.1 Å². The molecule has 0 fully saturated rings. The largest absolute Gasteiger partial charge is 0.233 e. The zero-order valence-corrected chi connectivity index (χ0v) is 9.99. The Hall–Kier alpha value is -0.0800. The third-order valence-corrected chi connectivity index (χ3v) is 4.48. The number of benzene rings is 1. The van der Waals surface area contributed by atoms with Crippen LogP contribution < -0.4 is 0 Å². The lowest BCUT2D eigenvalue weighted by atomic mass is 10.4. The molecule has 70 valence electrons. The number of hydrogen-bond donors (Lipinski definition) is 2. The van der Waals surface area contributed by atoms with Gasteiger partial charge in [-0.05, 0) is 40.9 Å². The second-order valence-corrected chi connectivity index (χ2v) is 7.92. The van der Waals surface area contributed by atoms with E-state index in [0.29, 0.717) is 0 Å². The van der Waals surface area contributed by atoms with Crippen molar-refractivity contribution >= 4 is 21.8 Å². The molecule has 1 rings (SSSR count). The van der Waals surface area contributed by atoms with Gasteiger partial charge in [-0.15, -0.1) is 0 Å². The Morgan fingerprint density at radius 2 is 1.25 bits per heavy atom. The minimum Gasteiger partial charge on any atom is -0.233 e. The average Bonchev–Trinajstić information content (AvgIpc) is 2.04. The first kappa shape index (κ1) is 10.0. The van der Waals surface area contributed by atoms with E-state index in [4.69, 9.17) is 0 Å². The van der Waals surface area contributed by atoms with Crippen molar-refractivity contribution in [2.75, 3.05) is 25.0 Å². The lowest BCUT2D eigenvalue weighted by Crippen LogP contribution is -1.81. The van der Waals surface area contributed by atoms with Gasteiger partial charge >= 0.3 is 0 Å². The second-order valence-electron chi connectivity index (χ2n) is 3.31. The fraction of sp³-hybridized carbons (Fsp3) is 0.400. The van der Waals surface area contributed by atoms with Crippen LogP contribution in [0.4, 0.5) is 0 Å². The SMILES string of the molecule is C[SH](C)c1cccc([SH](C)C)c1. The Balaban J connectivity index is 2.96. The first-order chi connectivity index (χ1) is 5.61. The quantitative estimate of drug-likeness (QED) is 0.677. The Morgan fingerprint density at radius 3 is 1.58 bits per heavy atom. The van der Waals surface area contributed by atoms with E-state index in [1.807, 2.05) is 0 Å². The zero-order valence-electron chi connectivity index (χ0n) is 8.20. The van der Waals surface area contributed by atoms with Gasteiger partial charge in [0, 0.05) is 0 Å². The standard InChI is InChI=1S/C10H18S2/c1-11(2)9-6-5-7-10(8-9)12(3)4/h5-8,11-12H,1-4H3. The number of thiol groups is 2. The molecule has 1 aromatic rings. The molecule has 0 radical (unpaired) electrons. The molecular weight excluding hydrogens is 184 g/mol. The Bertz CT molecular complexity index is 231. The maximum Gasteiger partial charge on any atom is -0.0119 e. The predicted octanol–water partition coefficient (Wildman–Crippen LogP) is 2.93. The molecule has 0 saturated heterocycles. The molecule has 0 saturated carbocycles. The van der Waals surface area contributed by atoms with Crippen molar-refractivity contribution in [3.63, 3.8) is 0 Å². The van der Waals surface area contributed by atoms with E-state index in [1.54, 1.807) is 0 Å². The molecule has 12 heavy (non-hydrogen) atoms. The van der Waals surface area contributed by atoms with E-state index in [0.717, 1.165) is 0 Å². The fourth-order valence-electron chi connectivity index (χ4n) is 1.05. The van der Waals surface area contributed by atoms with Crippen LogP contribution in [0.25, 0.3) is 0 Å². The van der Waals surface area contributed by atoms with E-state index >= 15 is 0 Å². The van der Waals surface area contributed by atoms with Crippen LogP contribution in [-0.4, -0.2) is 25.0 Å². The molecule has 0 bridgehead atoms. The molecule has 0 aromatic heterocycles. The topological polar surface area (TPSA) is 0 Å². The van der Waals surface area contributed by atoms with Crippen molar-refractivity contribution < 1.29 is 0 Å². The molecule has 2 heteroatoms. The summed E-state index contributed by atoms with van der Waals surface area (Å²) < 4.78 is 0. The van der Waals surface area contributed by atoms with E-state index in [1.165, 1.54) is 9.79 Å². The van der Waals surface area contributed by atoms with Crippen molar-refractivity contribution in [3.8, 4) is 0 Å². The van der Waals surface area contributed by atoms with Gasteiger partial charge in [0.25, 0.3) is 0 Å². The van der Waals surface area contributed by atoms with Gasteiger partial charge in [0.2, 0.25) is 0 Å². The van der Waals surface area contributed by atoms with Crippen LogP contribution in [0.5, 0.6) is 0 Å². The first-order valence-corrected chi connectivity index (χ1v) is 8.53. The monoisotopic (exact) mass is 202 g/mol. The van der Waals surface area contributed by atoms with Crippen molar-refractivity contribution in [2.24, 2.45) is 0 Å². The van der Waals surface area contributed by atoms with Crippen molar-refractivity contribution in [1.82, 2.24) is 0 Å². The first-order valence-electron chi connectivity index (χ1n) is 4.06. The fourth-order valence-corrected chi connectivity index (χ4v) is 2.71. The average molecular weight is 202 g/mol. The van der Waals surface area contributed by atoms with Gasteiger partial charge in [-0.2, -0.15) is 0 Å². The van der Waals surface area contributed by atoms with Gasteiger partial charge in [0.15, 0.2) is 0 Å². The third-order valence-electron chi connectivity index (χ3n) is 1.86. The molecule has 0 nitrogen and oxygen atoms in total. The maximum absolute atomic E-state index is 2.37. The smallest absolute Gasteiger partial charge is 0.0119 e. The summed E-state index contributed by atoms with van der Waals surface area (Å²) in [6.45, 7) is 0. The molecule has 0 aliphatic heterocycles. The summed E-state index contributed by atoms with van der Waals surface area (Å²) in [6.07, 6.45) is 9.23. The van der Waals surface area contributed by atoms with Crippen molar-refractivity contribution in [1.29, 1.82) is 0 Å². The van der Waals surface area contributed by atoms with Gasteiger partial charge in [0.05, 0.1) is 0 Å². The summed E-state index contributed by atoms with van der Waals surface area (Å²) in [4.78, 5) is 3.05. The van der Waals surface area contributed by atoms with Crippen molar-refractivity contribution in [2.45, 2.75) is 9.79 Å². The summed E-state index contributed by atoms with van der Waals surface area (Å²) in [6, 6.07) is 9.05. The highest BCUT2D eigenvalue weighted by Crippen LogP contribution is 2.34. The maximum atomic E-state index is 2.37. The number of rotatable bonds is 2. The molecule has 0 aliphatic rings. The van der Waals surface area contributed by atoms with Crippen LogP contribution in [0.1, 0.15) is 0 Å². The van der Waals surface area contributed by atoms with Gasteiger partial charge in [-0.1, -0.05) is 18.2 Å². The van der Waals surface area contributed by atoms with Gasteiger partial charge < -0.3 is 0 Å². The van der Waals surface area contributed by atoms with Crippen LogP contribution >= 0.6 is 21.8 Å². The summed E-state index contributed by atoms with van der Waals surface area (Å²) in [5.41, 5.74) is 0. The van der Waals surface area contributed by atoms with Crippen LogP contribution in [0.2, 0.25) is 0 Å². The molecule has 0 atom stereocenters. The molecular formula is C10H18S2. The van der Waals surface area contributed by atoms with E-state index in [2.05, 4.69) is 49.3 Å². The van der Waals surface area contributed by atoms with Crippen LogP contribution in [0.15, 0.2) is 34.1 Å². The summed E-state index contributed by atoms with van der Waals surface area (Å²) in [7, 11) is 0.148. The van der Waals surface area contributed by atoms with Crippen LogP contribution in [-0.2, 0) is 0 Å². The minimum absolute atomic E-state index is 0.0738. The van der Waals surface area contributed by atoms with E-state index < -0.39 is 0 Å². The Morgan fingerprint density at radius 1 is 0.833 bits per heavy atom. The summed E-state index contributed by atoms with van der Waals surface area (Å²) in [5.74, 6) is 0. The lowest BCUT2D eigenvalue weighted by Gasteiger charge is -2.14. The second kappa shape index (κ2) is 4.24.